The van der Waals surface area contributed by atoms with Crippen LogP contribution < -0.4 is 0 Å². The summed E-state index contributed by atoms with van der Waals surface area (Å²) in [5.74, 6) is -4.74. The number of Topliss-reactive ketones (excluding diaryl/α,β-unsaturated/α-hetero) is 1. The van der Waals surface area contributed by atoms with E-state index in [4.69, 9.17) is 9.47 Å². The van der Waals surface area contributed by atoms with Crippen molar-refractivity contribution in [3.8, 4) is 0 Å². The monoisotopic (exact) mass is 845 g/mol. The number of allylic oxidation sites excluding steroid dienone is 6. The predicted molar refractivity (Wildman–Crippen MR) is 232 cm³/mol. The number of fused-ring (bicyclic) bond motifs is 2. The Kier molecular flexibility index (Phi) is 22.2. The van der Waals surface area contributed by atoms with Gasteiger partial charge >= 0.3 is 5.97 Å². The van der Waals surface area contributed by atoms with Crippen molar-refractivity contribution in [1.29, 1.82) is 0 Å². The molecule has 0 aromatic heterocycles. The van der Waals surface area contributed by atoms with Gasteiger partial charge in [0.25, 0.3) is 0 Å². The number of rotatable bonds is 10. The van der Waals surface area contributed by atoms with Gasteiger partial charge in [-0.05, 0) is 77.4 Å². The Hall–Kier alpha value is -3.07. The molecule has 1 saturated heterocycles. The summed E-state index contributed by atoms with van der Waals surface area (Å²) in [5, 5.41) is 75.7. The molecule has 0 saturated carbocycles. The van der Waals surface area contributed by atoms with Gasteiger partial charge in [-0.3, -0.25) is 9.59 Å². The van der Waals surface area contributed by atoms with E-state index in [1.807, 2.05) is 45.9 Å². The molecule has 2 rings (SSSR count). The molecule has 2 heterocycles. The van der Waals surface area contributed by atoms with Crippen LogP contribution in [-0.2, 0) is 23.9 Å². The predicted octanol–water partition coefficient (Wildman–Crippen LogP) is 5.91. The van der Waals surface area contributed by atoms with Crippen molar-refractivity contribution >= 4 is 17.5 Å². The largest absolute Gasteiger partial charge is 0.459 e. The first kappa shape index (κ1) is 53.1. The molecule has 0 radical (unpaired) electrons. The highest BCUT2D eigenvalue weighted by Gasteiger charge is 2.41. The Morgan fingerprint density at radius 3 is 2.27 bits per heavy atom. The van der Waals surface area contributed by atoms with E-state index in [2.05, 4.69) is 0 Å². The normalized spacial score (nSPS) is 35.8. The van der Waals surface area contributed by atoms with E-state index in [0.717, 1.165) is 6.08 Å². The van der Waals surface area contributed by atoms with Crippen LogP contribution in [0.4, 0.5) is 0 Å². The van der Waals surface area contributed by atoms with Crippen LogP contribution >= 0.6 is 0 Å². The maximum atomic E-state index is 13.5. The molecule has 60 heavy (non-hydrogen) atoms. The average Bonchev–Trinajstić information content (AvgIpc) is 3.19. The zero-order chi connectivity index (χ0) is 45.5. The van der Waals surface area contributed by atoms with Crippen LogP contribution in [0.2, 0.25) is 0 Å². The minimum Gasteiger partial charge on any atom is -0.459 e. The van der Waals surface area contributed by atoms with Crippen molar-refractivity contribution in [3.63, 3.8) is 0 Å². The molecule has 0 amide bonds. The Labute approximate surface area is 358 Å². The van der Waals surface area contributed by atoms with Gasteiger partial charge in [-0.15, -0.1) is 0 Å². The fraction of sp³-hybridized carbons (Fsp3) is 0.688. The fourth-order valence-corrected chi connectivity index (χ4v) is 7.60. The van der Waals surface area contributed by atoms with Crippen LogP contribution in [0.15, 0.2) is 70.9 Å². The minimum absolute atomic E-state index is 0.0322. The SMILES string of the molecule is CCC(O)C(C)C(O)CC(O)C(O)/C=C(\C)CC(C)C1CC(O)C(C)/C=C/C=C/CC(C)C(=O)CC2CCC(C)C(O)(C/C=C(C)\C=C(/C)C(O)C(=O)/C=C(\C)C(=O)O1)O2. The third-order valence-corrected chi connectivity index (χ3v) is 12.3. The van der Waals surface area contributed by atoms with E-state index in [1.54, 1.807) is 52.8 Å². The third kappa shape index (κ3) is 17.0. The number of carbonyl (C=O) groups excluding carboxylic acids is 3. The highest BCUT2D eigenvalue weighted by atomic mass is 16.6. The molecule has 12 heteroatoms. The van der Waals surface area contributed by atoms with Crippen molar-refractivity contribution in [3.05, 3.63) is 70.9 Å². The van der Waals surface area contributed by atoms with E-state index < -0.39 is 78.2 Å². The first-order valence-electron chi connectivity index (χ1n) is 21.8. The topological polar surface area (TPSA) is 211 Å². The molecule has 340 valence electrons. The van der Waals surface area contributed by atoms with Gasteiger partial charge in [0.2, 0.25) is 0 Å². The second kappa shape index (κ2) is 25.1. The van der Waals surface area contributed by atoms with Crippen LogP contribution in [0.3, 0.4) is 0 Å². The van der Waals surface area contributed by atoms with E-state index in [-0.39, 0.29) is 54.8 Å². The van der Waals surface area contributed by atoms with Crippen LogP contribution in [0, 0.1) is 29.6 Å². The van der Waals surface area contributed by atoms with Gasteiger partial charge < -0.3 is 45.2 Å². The fourth-order valence-electron chi connectivity index (χ4n) is 7.60. The summed E-state index contributed by atoms with van der Waals surface area (Å²) in [6.07, 6.45) is 7.81. The quantitative estimate of drug-likeness (QED) is 0.101. The van der Waals surface area contributed by atoms with Crippen molar-refractivity contribution in [2.75, 3.05) is 0 Å². The molecule has 2 bridgehead atoms. The molecule has 14 unspecified atom stereocenters. The molecule has 0 aliphatic carbocycles. The van der Waals surface area contributed by atoms with E-state index >= 15 is 0 Å². The summed E-state index contributed by atoms with van der Waals surface area (Å²) in [6.45, 7) is 17.4. The Morgan fingerprint density at radius 2 is 1.62 bits per heavy atom. The number of esters is 1. The lowest BCUT2D eigenvalue weighted by atomic mass is 9.85. The van der Waals surface area contributed by atoms with Gasteiger partial charge in [-0.25, -0.2) is 4.79 Å². The Balaban J connectivity index is 2.40. The molecular formula is C48H76O12. The van der Waals surface area contributed by atoms with Gasteiger partial charge in [-0.1, -0.05) is 95.2 Å². The lowest BCUT2D eigenvalue weighted by molar-refractivity contribution is -0.277. The summed E-state index contributed by atoms with van der Waals surface area (Å²) in [6, 6.07) is 0. The van der Waals surface area contributed by atoms with Gasteiger partial charge in [0.15, 0.2) is 11.6 Å². The molecular weight excluding hydrogens is 769 g/mol. The first-order chi connectivity index (χ1) is 28.0. The van der Waals surface area contributed by atoms with Gasteiger partial charge in [0.05, 0.1) is 36.6 Å². The number of ether oxygens (including phenoxy) is 2. The summed E-state index contributed by atoms with van der Waals surface area (Å²) in [7, 11) is 0. The zero-order valence-corrected chi connectivity index (χ0v) is 37.7. The number of carbonyl (C=O) groups is 3. The highest BCUT2D eigenvalue weighted by Crippen LogP contribution is 2.37. The van der Waals surface area contributed by atoms with Crippen LogP contribution in [-0.4, -0.2) is 108 Å². The summed E-state index contributed by atoms with van der Waals surface area (Å²) in [4.78, 5) is 39.8. The van der Waals surface area contributed by atoms with E-state index in [9.17, 15) is 50.1 Å². The smallest absolute Gasteiger partial charge is 0.334 e. The second-order valence-corrected chi connectivity index (χ2v) is 17.9. The molecule has 1 fully saturated rings. The number of cyclic esters (lactones) is 1. The molecule has 0 spiro atoms. The van der Waals surface area contributed by atoms with Crippen molar-refractivity contribution in [1.82, 2.24) is 0 Å². The lowest BCUT2D eigenvalue weighted by Gasteiger charge is -2.41. The summed E-state index contributed by atoms with van der Waals surface area (Å²) < 4.78 is 12.1. The Morgan fingerprint density at radius 1 is 0.950 bits per heavy atom. The second-order valence-electron chi connectivity index (χ2n) is 17.9. The maximum Gasteiger partial charge on any atom is 0.334 e. The number of hydrogen-bond donors (Lipinski definition) is 7. The minimum atomic E-state index is -1.56. The van der Waals surface area contributed by atoms with E-state index in [1.165, 1.54) is 13.0 Å². The summed E-state index contributed by atoms with van der Waals surface area (Å²) in [5.41, 5.74) is 1.60. The molecule has 12 nitrogen and oxygen atoms in total. The molecule has 0 aromatic rings. The molecule has 2 aliphatic heterocycles. The lowest BCUT2D eigenvalue weighted by Crippen LogP contribution is -2.47. The first-order valence-corrected chi connectivity index (χ1v) is 21.8. The number of aliphatic hydroxyl groups is 7. The highest BCUT2D eigenvalue weighted by molar-refractivity contribution is 6.02. The molecule has 14 atom stereocenters. The molecule has 2 aliphatic rings. The van der Waals surface area contributed by atoms with Gasteiger partial charge in [0.1, 0.15) is 18.0 Å². The van der Waals surface area contributed by atoms with Crippen LogP contribution in [0.25, 0.3) is 0 Å². The molecule has 7 N–H and O–H groups in total. The third-order valence-electron chi connectivity index (χ3n) is 12.3. The summed E-state index contributed by atoms with van der Waals surface area (Å²) >= 11 is 0. The number of hydrogen-bond acceptors (Lipinski definition) is 12. The van der Waals surface area contributed by atoms with Crippen LogP contribution in [0.5, 0.6) is 0 Å². The number of ketones is 2. The average molecular weight is 845 g/mol. The van der Waals surface area contributed by atoms with E-state index in [0.29, 0.717) is 48.8 Å². The number of aliphatic hydroxyl groups excluding tert-OH is 6. The van der Waals surface area contributed by atoms with Crippen molar-refractivity contribution in [2.24, 2.45) is 29.6 Å². The zero-order valence-electron chi connectivity index (χ0n) is 37.7. The van der Waals surface area contributed by atoms with Gasteiger partial charge in [0, 0.05) is 54.9 Å². The standard InChI is InChI=1S/C48H76O12/c1-11-38(49)36(10)41(52)26-43(54)42(53)23-29(3)22-32(6)45-27-40(51)31(5)16-14-12-13-15-30(4)39(50)25-37-18-17-35(9)48(58,60-37)20-19-28(2)21-33(7)46(56)44(55)24-34(8)47(57)59-45/h12-14,16,19,21,23-24,30-32,35-38,40-43,45-46,49,51-54,56,58H,11,15,17-18,20,22,25-27H2,1-10H3/b13-12+,16-14+,28-19-,29-23+,33-21+,34-24+. The Bertz CT molecular complexity index is 1590. The maximum absolute atomic E-state index is 13.5. The van der Waals surface area contributed by atoms with Gasteiger partial charge in [-0.2, -0.15) is 0 Å². The molecule has 0 aromatic carbocycles. The van der Waals surface area contributed by atoms with Crippen molar-refractivity contribution in [2.45, 2.75) is 182 Å². The van der Waals surface area contributed by atoms with Crippen LogP contribution in [0.1, 0.15) is 127 Å². The van der Waals surface area contributed by atoms with Crippen molar-refractivity contribution < 1.29 is 59.6 Å².